The summed E-state index contributed by atoms with van der Waals surface area (Å²) in [5.41, 5.74) is 6.92. The van der Waals surface area contributed by atoms with Crippen LogP contribution in [0.5, 0.6) is 0 Å². The highest BCUT2D eigenvalue weighted by Gasteiger charge is 2.16. The molecule has 0 saturated carbocycles. The fourth-order valence-electron chi connectivity index (χ4n) is 1.46. The summed E-state index contributed by atoms with van der Waals surface area (Å²) in [4.78, 5) is 0.316. The Morgan fingerprint density at radius 2 is 1.76 bits per heavy atom. The van der Waals surface area contributed by atoms with Gasteiger partial charge in [-0.1, -0.05) is 19.1 Å². The van der Waals surface area contributed by atoms with Crippen molar-refractivity contribution in [3.8, 4) is 0 Å². The molecule has 0 aromatic heterocycles. The van der Waals surface area contributed by atoms with Gasteiger partial charge in [-0.15, -0.1) is 0 Å². The van der Waals surface area contributed by atoms with Crippen LogP contribution < -0.4 is 5.73 Å². The van der Waals surface area contributed by atoms with Gasteiger partial charge < -0.3 is 5.73 Å². The minimum atomic E-state index is -3.33. The van der Waals surface area contributed by atoms with Crippen LogP contribution >= 0.6 is 0 Å². The van der Waals surface area contributed by atoms with Crippen molar-refractivity contribution >= 4 is 10.0 Å². The average molecular weight is 256 g/mol. The summed E-state index contributed by atoms with van der Waals surface area (Å²) in [5, 5.41) is 0. The Balaban J connectivity index is 2.89. The molecule has 1 unspecified atom stereocenters. The molecule has 0 aliphatic rings. The monoisotopic (exact) mass is 256 g/mol. The lowest BCUT2D eigenvalue weighted by atomic mass is 10.1. The van der Waals surface area contributed by atoms with Crippen molar-refractivity contribution in [1.82, 2.24) is 4.31 Å². The molecule has 1 rings (SSSR count). The lowest BCUT2D eigenvalue weighted by Crippen LogP contribution is -2.23. The van der Waals surface area contributed by atoms with E-state index in [2.05, 4.69) is 0 Å². The molecule has 0 amide bonds. The van der Waals surface area contributed by atoms with E-state index in [1.54, 1.807) is 12.1 Å². The Kier molecular flexibility index (Phi) is 4.68. The van der Waals surface area contributed by atoms with E-state index in [-0.39, 0.29) is 6.04 Å². The van der Waals surface area contributed by atoms with Crippen LogP contribution in [-0.2, 0) is 16.4 Å². The number of hydrogen-bond acceptors (Lipinski definition) is 3. The predicted molar refractivity (Wildman–Crippen MR) is 69.3 cm³/mol. The highest BCUT2D eigenvalue weighted by molar-refractivity contribution is 7.89. The second-order valence-corrected chi connectivity index (χ2v) is 6.46. The number of benzene rings is 1. The third kappa shape index (κ3) is 3.52. The lowest BCUT2D eigenvalue weighted by molar-refractivity contribution is 0.520. The molecule has 1 aromatic rings. The third-order valence-electron chi connectivity index (χ3n) is 2.72. The van der Waals surface area contributed by atoms with Crippen molar-refractivity contribution in [2.75, 3.05) is 14.1 Å². The molecule has 0 aliphatic heterocycles. The first-order chi connectivity index (χ1) is 7.87. The zero-order chi connectivity index (χ0) is 13.1. The SMILES string of the molecule is CCC(N)Cc1ccc(S(=O)(=O)N(C)C)cc1. The first-order valence-electron chi connectivity index (χ1n) is 5.65. The summed E-state index contributed by atoms with van der Waals surface area (Å²) >= 11 is 0. The smallest absolute Gasteiger partial charge is 0.242 e. The summed E-state index contributed by atoms with van der Waals surface area (Å²) in [7, 11) is -0.278. The Morgan fingerprint density at radius 1 is 1.24 bits per heavy atom. The number of nitrogens with two attached hydrogens (primary N) is 1. The molecule has 4 nitrogen and oxygen atoms in total. The van der Waals surface area contributed by atoms with Crippen LogP contribution in [0.25, 0.3) is 0 Å². The topological polar surface area (TPSA) is 63.4 Å². The molecular formula is C12H20N2O2S. The van der Waals surface area contributed by atoms with Gasteiger partial charge in [0.05, 0.1) is 4.90 Å². The van der Waals surface area contributed by atoms with Crippen molar-refractivity contribution in [1.29, 1.82) is 0 Å². The summed E-state index contributed by atoms with van der Waals surface area (Å²) in [5.74, 6) is 0. The quantitative estimate of drug-likeness (QED) is 0.861. The molecule has 1 aromatic carbocycles. The molecule has 96 valence electrons. The third-order valence-corrected chi connectivity index (χ3v) is 4.55. The molecule has 0 heterocycles. The van der Waals surface area contributed by atoms with Crippen molar-refractivity contribution in [2.24, 2.45) is 5.73 Å². The van der Waals surface area contributed by atoms with Crippen LogP contribution in [-0.4, -0.2) is 32.9 Å². The first-order valence-corrected chi connectivity index (χ1v) is 7.09. The van der Waals surface area contributed by atoms with E-state index in [1.807, 2.05) is 19.1 Å². The average Bonchev–Trinajstić information content (AvgIpc) is 2.29. The standard InChI is InChI=1S/C12H20N2O2S/c1-4-11(13)9-10-5-7-12(8-6-10)17(15,16)14(2)3/h5-8,11H,4,9,13H2,1-3H3. The fraction of sp³-hybridized carbons (Fsp3) is 0.500. The second kappa shape index (κ2) is 5.62. The molecule has 5 heteroatoms. The van der Waals surface area contributed by atoms with E-state index in [1.165, 1.54) is 18.4 Å². The van der Waals surface area contributed by atoms with Gasteiger partial charge in [-0.2, -0.15) is 0 Å². The van der Waals surface area contributed by atoms with Crippen LogP contribution in [0.4, 0.5) is 0 Å². The van der Waals surface area contributed by atoms with E-state index in [0.717, 1.165) is 18.4 Å². The van der Waals surface area contributed by atoms with Crippen molar-refractivity contribution in [2.45, 2.75) is 30.7 Å². The maximum atomic E-state index is 11.8. The van der Waals surface area contributed by atoms with Crippen LogP contribution in [0.1, 0.15) is 18.9 Å². The predicted octanol–water partition coefficient (Wildman–Crippen LogP) is 1.22. The van der Waals surface area contributed by atoms with Gasteiger partial charge in [0.25, 0.3) is 0 Å². The van der Waals surface area contributed by atoms with Crippen LogP contribution in [0, 0.1) is 0 Å². The number of rotatable bonds is 5. The number of hydrogen-bond donors (Lipinski definition) is 1. The molecule has 0 radical (unpaired) electrons. The van der Waals surface area contributed by atoms with E-state index in [0.29, 0.717) is 4.90 Å². The second-order valence-electron chi connectivity index (χ2n) is 4.30. The number of sulfonamides is 1. The van der Waals surface area contributed by atoms with E-state index in [9.17, 15) is 8.42 Å². The fourth-order valence-corrected chi connectivity index (χ4v) is 2.36. The highest BCUT2D eigenvalue weighted by Crippen LogP contribution is 2.14. The van der Waals surface area contributed by atoms with Gasteiger partial charge in [0.1, 0.15) is 0 Å². The normalized spacial score (nSPS) is 13.9. The van der Waals surface area contributed by atoms with Gasteiger partial charge >= 0.3 is 0 Å². The maximum absolute atomic E-state index is 11.8. The summed E-state index contributed by atoms with van der Waals surface area (Å²) in [6.07, 6.45) is 1.69. The lowest BCUT2D eigenvalue weighted by Gasteiger charge is -2.12. The highest BCUT2D eigenvalue weighted by atomic mass is 32.2. The largest absolute Gasteiger partial charge is 0.327 e. The molecule has 0 spiro atoms. The number of nitrogens with zero attached hydrogens (tertiary/aromatic N) is 1. The molecule has 0 aliphatic carbocycles. The summed E-state index contributed by atoms with van der Waals surface area (Å²) in [6, 6.07) is 7.05. The minimum Gasteiger partial charge on any atom is -0.327 e. The minimum absolute atomic E-state index is 0.131. The zero-order valence-electron chi connectivity index (χ0n) is 10.6. The molecule has 0 bridgehead atoms. The van der Waals surface area contributed by atoms with E-state index in [4.69, 9.17) is 5.73 Å². The van der Waals surface area contributed by atoms with Crippen molar-refractivity contribution in [3.05, 3.63) is 29.8 Å². The molecule has 17 heavy (non-hydrogen) atoms. The van der Waals surface area contributed by atoms with Gasteiger partial charge in [-0.25, -0.2) is 12.7 Å². The molecule has 1 atom stereocenters. The summed E-state index contributed by atoms with van der Waals surface area (Å²) in [6.45, 7) is 2.04. The van der Waals surface area contributed by atoms with Crippen LogP contribution in [0.15, 0.2) is 29.2 Å². The Bertz CT molecular complexity index is 452. The Morgan fingerprint density at radius 3 is 2.18 bits per heavy atom. The van der Waals surface area contributed by atoms with E-state index >= 15 is 0 Å². The molecular weight excluding hydrogens is 236 g/mol. The Hall–Kier alpha value is -0.910. The van der Waals surface area contributed by atoms with Gasteiger partial charge in [0.2, 0.25) is 10.0 Å². The van der Waals surface area contributed by atoms with Gasteiger partial charge in [0.15, 0.2) is 0 Å². The zero-order valence-corrected chi connectivity index (χ0v) is 11.4. The Labute approximate surface area is 103 Å². The van der Waals surface area contributed by atoms with E-state index < -0.39 is 10.0 Å². The van der Waals surface area contributed by atoms with Crippen molar-refractivity contribution < 1.29 is 8.42 Å². The maximum Gasteiger partial charge on any atom is 0.242 e. The molecule has 2 N–H and O–H groups in total. The van der Waals surface area contributed by atoms with Crippen LogP contribution in [0.3, 0.4) is 0 Å². The first kappa shape index (κ1) is 14.2. The molecule has 0 fully saturated rings. The van der Waals surface area contributed by atoms with Gasteiger partial charge in [-0.3, -0.25) is 0 Å². The van der Waals surface area contributed by atoms with Gasteiger partial charge in [-0.05, 0) is 30.5 Å². The van der Waals surface area contributed by atoms with Gasteiger partial charge in [0, 0.05) is 20.1 Å². The molecule has 0 saturated heterocycles. The summed E-state index contributed by atoms with van der Waals surface area (Å²) < 4.78 is 24.9. The van der Waals surface area contributed by atoms with Crippen LogP contribution in [0.2, 0.25) is 0 Å². The van der Waals surface area contributed by atoms with Crippen molar-refractivity contribution in [3.63, 3.8) is 0 Å².